The van der Waals surface area contributed by atoms with E-state index in [-0.39, 0.29) is 11.7 Å². The molecule has 3 aromatic rings. The highest BCUT2D eigenvalue weighted by molar-refractivity contribution is 5.81. The van der Waals surface area contributed by atoms with Crippen LogP contribution in [0.25, 0.3) is 10.9 Å². The van der Waals surface area contributed by atoms with Crippen LogP contribution in [0.1, 0.15) is 36.9 Å². The molecule has 0 atom stereocenters. The summed E-state index contributed by atoms with van der Waals surface area (Å²) in [7, 11) is 0. The minimum Gasteiger partial charge on any atom is -0.342 e. The average molecular weight is 420 g/mol. The second kappa shape index (κ2) is 8.83. The zero-order valence-electron chi connectivity index (χ0n) is 18.0. The van der Waals surface area contributed by atoms with E-state index < -0.39 is 0 Å². The number of amides is 1. The lowest BCUT2D eigenvalue weighted by Gasteiger charge is -2.33. The summed E-state index contributed by atoms with van der Waals surface area (Å²) in [5.74, 6) is 0.370. The molecule has 0 saturated carbocycles. The van der Waals surface area contributed by atoms with E-state index in [9.17, 15) is 9.18 Å². The molecule has 5 heteroatoms. The maximum absolute atomic E-state index is 13.4. The Morgan fingerprint density at radius 3 is 2.35 bits per heavy atom. The summed E-state index contributed by atoms with van der Waals surface area (Å²) in [5.41, 5.74) is 3.58. The van der Waals surface area contributed by atoms with Gasteiger partial charge in [0.25, 0.3) is 0 Å². The number of likely N-dealkylation sites (tertiary alicyclic amines) is 2. The molecule has 0 bridgehead atoms. The predicted octanol–water partition coefficient (Wildman–Crippen LogP) is 4.66. The third-order valence-electron chi connectivity index (χ3n) is 6.89. The van der Waals surface area contributed by atoms with Crippen LogP contribution in [0.4, 0.5) is 4.39 Å². The smallest absolute Gasteiger partial charge is 0.225 e. The van der Waals surface area contributed by atoms with Crippen LogP contribution in [-0.4, -0.2) is 46.5 Å². The van der Waals surface area contributed by atoms with E-state index in [0.29, 0.717) is 5.91 Å². The van der Waals surface area contributed by atoms with Crippen LogP contribution in [-0.2, 0) is 17.9 Å². The van der Waals surface area contributed by atoms with Crippen LogP contribution in [0.15, 0.2) is 54.6 Å². The Labute approximate surface area is 183 Å². The lowest BCUT2D eigenvalue weighted by atomic mass is 9.95. The maximum atomic E-state index is 13.4. The fourth-order valence-corrected chi connectivity index (χ4v) is 5.12. The number of para-hydroxylation sites is 1. The molecule has 4 nitrogen and oxygen atoms in total. The molecule has 5 rings (SSSR count). The van der Waals surface area contributed by atoms with Crippen molar-refractivity contribution >= 4 is 16.8 Å². The van der Waals surface area contributed by atoms with Crippen molar-refractivity contribution in [3.8, 4) is 0 Å². The van der Waals surface area contributed by atoms with Crippen molar-refractivity contribution in [3.63, 3.8) is 0 Å². The number of hydrogen-bond acceptors (Lipinski definition) is 2. The Balaban J connectivity index is 1.30. The molecule has 1 amide bonds. The van der Waals surface area contributed by atoms with Crippen LogP contribution in [0.2, 0.25) is 0 Å². The lowest BCUT2D eigenvalue weighted by molar-refractivity contribution is -0.136. The molecule has 31 heavy (non-hydrogen) atoms. The van der Waals surface area contributed by atoms with Crippen LogP contribution < -0.4 is 0 Å². The number of nitrogens with zero attached hydrogens (tertiary/aromatic N) is 3. The van der Waals surface area contributed by atoms with Crippen LogP contribution >= 0.6 is 0 Å². The van der Waals surface area contributed by atoms with Gasteiger partial charge < -0.3 is 9.47 Å². The summed E-state index contributed by atoms with van der Waals surface area (Å²) in [6.45, 7) is 5.42. The van der Waals surface area contributed by atoms with Gasteiger partial charge in [-0.3, -0.25) is 9.69 Å². The number of piperidine rings is 1. The van der Waals surface area contributed by atoms with Crippen LogP contribution in [0.3, 0.4) is 0 Å². The normalized spacial score (nSPS) is 18.2. The minimum absolute atomic E-state index is 0.194. The summed E-state index contributed by atoms with van der Waals surface area (Å²) in [6, 6.07) is 17.5. The molecule has 2 aliphatic heterocycles. The van der Waals surface area contributed by atoms with Crippen molar-refractivity contribution in [1.29, 1.82) is 0 Å². The summed E-state index contributed by atoms with van der Waals surface area (Å²) < 4.78 is 15.7. The Kier molecular flexibility index (Phi) is 5.77. The second-order valence-corrected chi connectivity index (χ2v) is 8.99. The summed E-state index contributed by atoms with van der Waals surface area (Å²) >= 11 is 0. The first kappa shape index (κ1) is 20.3. The van der Waals surface area contributed by atoms with Crippen LogP contribution in [0, 0.1) is 11.7 Å². The number of halogens is 1. The van der Waals surface area contributed by atoms with Crippen LogP contribution in [0.5, 0.6) is 0 Å². The third-order valence-corrected chi connectivity index (χ3v) is 6.89. The van der Waals surface area contributed by atoms with Gasteiger partial charge in [-0.2, -0.15) is 0 Å². The summed E-state index contributed by atoms with van der Waals surface area (Å²) in [5, 5.41) is 1.23. The molecule has 2 aliphatic rings. The van der Waals surface area contributed by atoms with Crippen molar-refractivity contribution < 1.29 is 9.18 Å². The first-order valence-electron chi connectivity index (χ1n) is 11.5. The fourth-order valence-electron chi connectivity index (χ4n) is 5.12. The third kappa shape index (κ3) is 4.38. The molecule has 2 aromatic carbocycles. The second-order valence-electron chi connectivity index (χ2n) is 8.99. The highest BCUT2D eigenvalue weighted by Gasteiger charge is 2.30. The van der Waals surface area contributed by atoms with Gasteiger partial charge in [-0.1, -0.05) is 30.3 Å². The van der Waals surface area contributed by atoms with Crippen molar-refractivity contribution in [3.05, 3.63) is 71.7 Å². The van der Waals surface area contributed by atoms with Gasteiger partial charge in [0, 0.05) is 43.3 Å². The molecular formula is C26H30FN3O. The molecule has 1 aromatic heterocycles. The molecular weight excluding hydrogens is 389 g/mol. The number of rotatable bonds is 5. The first-order chi connectivity index (χ1) is 15.2. The molecule has 162 valence electrons. The van der Waals surface area contributed by atoms with Gasteiger partial charge in [-0.25, -0.2) is 4.39 Å². The van der Waals surface area contributed by atoms with E-state index in [1.54, 1.807) is 0 Å². The van der Waals surface area contributed by atoms with Gasteiger partial charge in [0.1, 0.15) is 5.82 Å². The van der Waals surface area contributed by atoms with E-state index in [1.165, 1.54) is 28.7 Å². The quantitative estimate of drug-likeness (QED) is 0.602. The van der Waals surface area contributed by atoms with Gasteiger partial charge in [-0.05, 0) is 74.0 Å². The average Bonchev–Trinajstić information content (AvgIpc) is 3.44. The maximum Gasteiger partial charge on any atom is 0.225 e. The largest absolute Gasteiger partial charge is 0.342 e. The zero-order chi connectivity index (χ0) is 21.2. The first-order valence-corrected chi connectivity index (χ1v) is 11.5. The van der Waals surface area contributed by atoms with Gasteiger partial charge in [-0.15, -0.1) is 0 Å². The Morgan fingerprint density at radius 2 is 1.61 bits per heavy atom. The minimum atomic E-state index is -0.201. The lowest BCUT2D eigenvalue weighted by Crippen LogP contribution is -2.41. The van der Waals surface area contributed by atoms with Crippen molar-refractivity contribution in [1.82, 2.24) is 14.4 Å². The van der Waals surface area contributed by atoms with Gasteiger partial charge in [0.05, 0.1) is 0 Å². The fraction of sp³-hybridized carbons (Fsp3) is 0.423. The van der Waals surface area contributed by atoms with Crippen molar-refractivity contribution in [2.45, 2.75) is 38.8 Å². The highest BCUT2D eigenvalue weighted by atomic mass is 19.1. The zero-order valence-corrected chi connectivity index (χ0v) is 18.0. The molecule has 0 N–H and O–H groups in total. The standard InChI is InChI=1S/C26H30FN3O/c27-23-9-7-20(8-10-23)18-30-24(17-22-5-1-2-6-25(22)30)19-28-15-11-21(12-16-28)26(31)29-13-3-4-14-29/h1-2,5-10,17,21H,3-4,11-16,18-19H2. The molecule has 0 unspecified atom stereocenters. The Bertz CT molecular complexity index is 1040. The number of fused-ring (bicyclic) bond motifs is 1. The summed E-state index contributed by atoms with van der Waals surface area (Å²) in [6.07, 6.45) is 4.22. The monoisotopic (exact) mass is 419 g/mol. The number of benzene rings is 2. The molecule has 3 heterocycles. The predicted molar refractivity (Wildman–Crippen MR) is 121 cm³/mol. The molecule has 0 aliphatic carbocycles. The Morgan fingerprint density at radius 1 is 0.903 bits per heavy atom. The van der Waals surface area contributed by atoms with Gasteiger partial charge >= 0.3 is 0 Å². The highest BCUT2D eigenvalue weighted by Crippen LogP contribution is 2.26. The molecule has 0 radical (unpaired) electrons. The van der Waals surface area contributed by atoms with Crippen molar-refractivity contribution in [2.75, 3.05) is 26.2 Å². The topological polar surface area (TPSA) is 28.5 Å². The van der Waals surface area contributed by atoms with E-state index in [2.05, 4.69) is 44.7 Å². The van der Waals surface area contributed by atoms with Crippen molar-refractivity contribution in [2.24, 2.45) is 5.92 Å². The molecule has 2 fully saturated rings. The van der Waals surface area contributed by atoms with E-state index >= 15 is 0 Å². The number of carbonyl (C=O) groups is 1. The number of hydrogen-bond donors (Lipinski definition) is 0. The summed E-state index contributed by atoms with van der Waals surface area (Å²) in [4.78, 5) is 17.3. The van der Waals surface area contributed by atoms with E-state index in [4.69, 9.17) is 0 Å². The number of aromatic nitrogens is 1. The van der Waals surface area contributed by atoms with E-state index in [1.807, 2.05) is 12.1 Å². The van der Waals surface area contributed by atoms with Gasteiger partial charge in [0.2, 0.25) is 5.91 Å². The SMILES string of the molecule is O=C(C1CCN(Cc2cc3ccccc3n2Cc2ccc(F)cc2)CC1)N1CCCC1. The molecule has 2 saturated heterocycles. The molecule has 0 spiro atoms. The number of carbonyl (C=O) groups excluding carboxylic acids is 1. The Hall–Kier alpha value is -2.66. The van der Waals surface area contributed by atoms with Gasteiger partial charge in [0.15, 0.2) is 0 Å². The van der Waals surface area contributed by atoms with E-state index in [0.717, 1.165) is 70.5 Å².